The van der Waals surface area contributed by atoms with Crippen LogP contribution in [-0.2, 0) is 16.0 Å². The Morgan fingerprint density at radius 3 is 2.24 bits per heavy atom. The second-order valence-corrected chi connectivity index (χ2v) is 8.24. The van der Waals surface area contributed by atoms with E-state index in [-0.39, 0.29) is 11.3 Å². The lowest BCUT2D eigenvalue weighted by Crippen LogP contribution is -2.29. The summed E-state index contributed by atoms with van der Waals surface area (Å²) >= 11 is 0. The van der Waals surface area contributed by atoms with Crippen LogP contribution >= 0.6 is 0 Å². The topological polar surface area (TPSA) is 66.8 Å². The summed E-state index contributed by atoms with van der Waals surface area (Å²) in [5, 5.41) is 11.4. The van der Waals surface area contributed by atoms with E-state index in [2.05, 4.69) is 6.92 Å². The van der Waals surface area contributed by atoms with E-state index in [4.69, 9.17) is 4.74 Å². The molecule has 0 saturated carbocycles. The molecule has 33 heavy (non-hydrogen) atoms. The molecule has 0 radical (unpaired) electrons. The number of hydrogen-bond donors (Lipinski definition) is 1. The van der Waals surface area contributed by atoms with Crippen molar-refractivity contribution in [1.82, 2.24) is 0 Å². The third kappa shape index (κ3) is 3.91. The van der Waals surface area contributed by atoms with Crippen molar-refractivity contribution in [2.75, 3.05) is 12.0 Å². The van der Waals surface area contributed by atoms with Crippen LogP contribution in [0.3, 0.4) is 0 Å². The summed E-state index contributed by atoms with van der Waals surface area (Å²) in [6.07, 6.45) is 0.872. The first-order chi connectivity index (χ1) is 15.9. The lowest BCUT2D eigenvalue weighted by atomic mass is 9.93. The van der Waals surface area contributed by atoms with Crippen molar-refractivity contribution in [2.45, 2.75) is 33.2 Å². The number of carbonyl (C=O) groups is 2. The maximum atomic E-state index is 13.3. The van der Waals surface area contributed by atoms with Crippen LogP contribution in [0.1, 0.15) is 40.8 Å². The fourth-order valence-electron chi connectivity index (χ4n) is 4.35. The van der Waals surface area contributed by atoms with Crippen LogP contribution in [-0.4, -0.2) is 23.9 Å². The number of nitrogens with zero attached hydrogens (tertiary/aromatic N) is 1. The Morgan fingerprint density at radius 2 is 1.64 bits per heavy atom. The van der Waals surface area contributed by atoms with E-state index in [1.54, 1.807) is 13.2 Å². The highest BCUT2D eigenvalue weighted by molar-refractivity contribution is 6.51. The highest BCUT2D eigenvalue weighted by Gasteiger charge is 2.47. The van der Waals surface area contributed by atoms with E-state index < -0.39 is 17.7 Å². The summed E-state index contributed by atoms with van der Waals surface area (Å²) in [7, 11) is 1.59. The summed E-state index contributed by atoms with van der Waals surface area (Å²) in [6.45, 7) is 5.77. The number of ketones is 1. The van der Waals surface area contributed by atoms with Gasteiger partial charge in [0, 0.05) is 11.3 Å². The lowest BCUT2D eigenvalue weighted by Gasteiger charge is -2.25. The Hall–Kier alpha value is -3.86. The number of anilines is 1. The number of benzene rings is 3. The number of rotatable bonds is 5. The van der Waals surface area contributed by atoms with Crippen molar-refractivity contribution in [3.8, 4) is 5.75 Å². The number of carbonyl (C=O) groups excluding carboxylic acids is 2. The van der Waals surface area contributed by atoms with Gasteiger partial charge in [0.15, 0.2) is 0 Å². The SMILES string of the molecule is CCc1ccc(N2C(=O)C(=O)/C(=C(/O)c3cc(C)c(OC)cc3C)C2c2ccccc2)cc1. The van der Waals surface area contributed by atoms with Crippen molar-refractivity contribution in [2.24, 2.45) is 0 Å². The zero-order valence-corrected chi connectivity index (χ0v) is 19.3. The van der Waals surface area contributed by atoms with Crippen LogP contribution in [0.2, 0.25) is 0 Å². The van der Waals surface area contributed by atoms with Gasteiger partial charge in [-0.3, -0.25) is 14.5 Å². The minimum Gasteiger partial charge on any atom is -0.507 e. The highest BCUT2D eigenvalue weighted by Crippen LogP contribution is 2.43. The van der Waals surface area contributed by atoms with Gasteiger partial charge in [-0.15, -0.1) is 0 Å². The van der Waals surface area contributed by atoms with Crippen LogP contribution in [0.15, 0.2) is 72.3 Å². The molecule has 1 heterocycles. The number of ether oxygens (including phenoxy) is 1. The Balaban J connectivity index is 1.94. The Morgan fingerprint density at radius 1 is 0.970 bits per heavy atom. The molecule has 1 unspecified atom stereocenters. The van der Waals surface area contributed by atoms with Gasteiger partial charge in [-0.25, -0.2) is 0 Å². The van der Waals surface area contributed by atoms with Gasteiger partial charge < -0.3 is 9.84 Å². The number of aliphatic hydroxyl groups is 1. The minimum absolute atomic E-state index is 0.0819. The first-order valence-corrected chi connectivity index (χ1v) is 11.0. The summed E-state index contributed by atoms with van der Waals surface area (Å²) < 4.78 is 5.38. The molecule has 0 bridgehead atoms. The third-order valence-corrected chi connectivity index (χ3v) is 6.18. The fraction of sp³-hybridized carbons (Fsp3) is 0.214. The van der Waals surface area contributed by atoms with Crippen molar-refractivity contribution < 1.29 is 19.4 Å². The number of Topliss-reactive ketones (excluding diaryl/α,β-unsaturated/α-hetero) is 1. The molecule has 1 aliphatic heterocycles. The maximum absolute atomic E-state index is 13.3. The number of hydrogen-bond acceptors (Lipinski definition) is 4. The monoisotopic (exact) mass is 441 g/mol. The first kappa shape index (κ1) is 22.3. The summed E-state index contributed by atoms with van der Waals surface area (Å²) in [5.74, 6) is -0.843. The van der Waals surface area contributed by atoms with E-state index in [1.807, 2.05) is 74.5 Å². The molecule has 5 nitrogen and oxygen atoms in total. The van der Waals surface area contributed by atoms with Gasteiger partial charge in [-0.2, -0.15) is 0 Å². The molecule has 1 aliphatic rings. The smallest absolute Gasteiger partial charge is 0.300 e. The molecule has 1 N–H and O–H groups in total. The van der Waals surface area contributed by atoms with Crippen molar-refractivity contribution >= 4 is 23.1 Å². The number of methoxy groups -OCH3 is 1. The lowest BCUT2D eigenvalue weighted by molar-refractivity contribution is -0.132. The first-order valence-electron chi connectivity index (χ1n) is 11.0. The molecule has 0 aliphatic carbocycles. The number of aliphatic hydroxyl groups excluding tert-OH is 1. The fourth-order valence-corrected chi connectivity index (χ4v) is 4.35. The standard InChI is InChI=1S/C28H27NO4/c1-5-19-11-13-21(14-12-19)29-25(20-9-7-6-8-10-20)24(27(31)28(29)32)26(30)22-15-18(3)23(33-4)16-17(22)2/h6-16,25,30H,5H2,1-4H3/b26-24+. The quantitative estimate of drug-likeness (QED) is 0.322. The van der Waals surface area contributed by atoms with Gasteiger partial charge >= 0.3 is 0 Å². The van der Waals surface area contributed by atoms with E-state index in [0.717, 1.165) is 28.7 Å². The van der Waals surface area contributed by atoms with Crippen LogP contribution in [0.5, 0.6) is 5.75 Å². The molecular weight excluding hydrogens is 414 g/mol. The number of aryl methyl sites for hydroxylation is 3. The Labute approximate surface area is 193 Å². The molecule has 1 saturated heterocycles. The van der Waals surface area contributed by atoms with Crippen LogP contribution in [0, 0.1) is 13.8 Å². The molecule has 3 aromatic rings. The van der Waals surface area contributed by atoms with Gasteiger partial charge in [-0.1, -0.05) is 49.4 Å². The zero-order valence-electron chi connectivity index (χ0n) is 19.3. The molecule has 5 heteroatoms. The molecule has 1 amide bonds. The van der Waals surface area contributed by atoms with Gasteiger partial charge in [0.05, 0.1) is 18.7 Å². The Bertz CT molecular complexity index is 1240. The van der Waals surface area contributed by atoms with Gasteiger partial charge in [-0.05, 0) is 66.8 Å². The maximum Gasteiger partial charge on any atom is 0.300 e. The molecule has 3 aromatic carbocycles. The highest BCUT2D eigenvalue weighted by atomic mass is 16.5. The summed E-state index contributed by atoms with van der Waals surface area (Å²) in [4.78, 5) is 28.0. The van der Waals surface area contributed by atoms with Gasteiger partial charge in [0.2, 0.25) is 0 Å². The van der Waals surface area contributed by atoms with Crippen LogP contribution < -0.4 is 9.64 Å². The second-order valence-electron chi connectivity index (χ2n) is 8.24. The van der Waals surface area contributed by atoms with E-state index >= 15 is 0 Å². The third-order valence-electron chi connectivity index (χ3n) is 6.18. The predicted molar refractivity (Wildman–Crippen MR) is 130 cm³/mol. The molecule has 1 fully saturated rings. The van der Waals surface area contributed by atoms with Crippen LogP contribution in [0.25, 0.3) is 5.76 Å². The summed E-state index contributed by atoms with van der Waals surface area (Å²) in [5.41, 5.74) is 4.67. The summed E-state index contributed by atoms with van der Waals surface area (Å²) in [6, 6.07) is 19.8. The van der Waals surface area contributed by atoms with E-state index in [9.17, 15) is 14.7 Å². The van der Waals surface area contributed by atoms with Crippen molar-refractivity contribution in [3.05, 3.63) is 100 Å². The largest absolute Gasteiger partial charge is 0.507 e. The van der Waals surface area contributed by atoms with Crippen molar-refractivity contribution in [1.29, 1.82) is 0 Å². The zero-order chi connectivity index (χ0) is 23.7. The van der Waals surface area contributed by atoms with Gasteiger partial charge in [0.1, 0.15) is 11.5 Å². The Kier molecular flexibility index (Phi) is 6.05. The van der Waals surface area contributed by atoms with E-state index in [1.165, 1.54) is 4.90 Å². The van der Waals surface area contributed by atoms with Crippen LogP contribution in [0.4, 0.5) is 5.69 Å². The molecule has 1 atom stereocenters. The second kappa shape index (κ2) is 8.94. The van der Waals surface area contributed by atoms with Gasteiger partial charge in [0.25, 0.3) is 11.7 Å². The molecule has 4 rings (SSSR count). The molecular formula is C28H27NO4. The normalized spacial score (nSPS) is 17.5. The average molecular weight is 442 g/mol. The molecule has 0 aromatic heterocycles. The number of amides is 1. The van der Waals surface area contributed by atoms with Crippen molar-refractivity contribution in [3.63, 3.8) is 0 Å². The minimum atomic E-state index is -0.736. The molecule has 0 spiro atoms. The predicted octanol–water partition coefficient (Wildman–Crippen LogP) is 5.50. The molecule has 168 valence electrons. The van der Waals surface area contributed by atoms with E-state index in [0.29, 0.717) is 17.0 Å². The average Bonchev–Trinajstić information content (AvgIpc) is 3.10.